The van der Waals surface area contributed by atoms with E-state index >= 15 is 0 Å². The highest BCUT2D eigenvalue weighted by atomic mass is 15.2. The van der Waals surface area contributed by atoms with E-state index in [0.717, 1.165) is 18.5 Å². The van der Waals surface area contributed by atoms with Crippen molar-refractivity contribution in [2.24, 2.45) is 12.0 Å². The molecule has 0 bridgehead atoms. The fraction of sp³-hybridized carbons (Fsp3) is 0.722. The van der Waals surface area contributed by atoms with Crippen LogP contribution in [0.25, 0.3) is 0 Å². The van der Waals surface area contributed by atoms with Crippen molar-refractivity contribution in [2.75, 3.05) is 20.1 Å². The Bertz CT molecular complexity index is 507. The normalized spacial score (nSPS) is 21.7. The second kappa shape index (κ2) is 7.86. The monoisotopic (exact) mass is 317 g/mol. The molecule has 2 aliphatic rings. The number of aryl methyl sites for hydroxylation is 1. The van der Waals surface area contributed by atoms with Crippen LogP contribution < -0.4 is 10.6 Å². The maximum absolute atomic E-state index is 4.38. The second-order valence-corrected chi connectivity index (χ2v) is 6.93. The van der Waals surface area contributed by atoms with Crippen LogP contribution in [0.4, 0.5) is 0 Å². The number of rotatable bonds is 4. The Morgan fingerprint density at radius 1 is 1.22 bits per heavy atom. The number of hydrogen-bond acceptors (Lipinski definition) is 2. The van der Waals surface area contributed by atoms with E-state index in [1.165, 1.54) is 57.3 Å². The highest BCUT2D eigenvalue weighted by Crippen LogP contribution is 2.26. The van der Waals surface area contributed by atoms with Gasteiger partial charge >= 0.3 is 0 Å². The van der Waals surface area contributed by atoms with Crippen LogP contribution >= 0.6 is 0 Å². The van der Waals surface area contributed by atoms with Crippen molar-refractivity contribution in [3.8, 4) is 0 Å². The van der Waals surface area contributed by atoms with Gasteiger partial charge in [0.1, 0.15) is 0 Å². The number of piperidine rings is 1. The molecule has 1 aromatic rings. The van der Waals surface area contributed by atoms with Gasteiger partial charge < -0.3 is 20.1 Å². The Hall–Kier alpha value is -1.49. The van der Waals surface area contributed by atoms with Crippen molar-refractivity contribution in [1.29, 1.82) is 0 Å². The molecule has 0 radical (unpaired) electrons. The predicted octanol–water partition coefficient (Wildman–Crippen LogP) is 2.10. The molecule has 1 saturated heterocycles. The largest absolute Gasteiger partial charge is 0.354 e. The average Bonchev–Trinajstić information content (AvgIpc) is 3.24. The molecule has 0 atom stereocenters. The molecular formula is C18H31N5. The fourth-order valence-corrected chi connectivity index (χ4v) is 3.92. The smallest absolute Gasteiger partial charge is 0.191 e. The lowest BCUT2D eigenvalue weighted by Crippen LogP contribution is -2.50. The summed E-state index contributed by atoms with van der Waals surface area (Å²) in [5.41, 5.74) is 1.27. The van der Waals surface area contributed by atoms with E-state index in [-0.39, 0.29) is 0 Å². The van der Waals surface area contributed by atoms with Crippen molar-refractivity contribution in [3.63, 3.8) is 0 Å². The molecule has 0 aromatic carbocycles. The van der Waals surface area contributed by atoms with Gasteiger partial charge in [0.05, 0.1) is 6.54 Å². The van der Waals surface area contributed by atoms with Crippen molar-refractivity contribution >= 4 is 5.96 Å². The predicted molar refractivity (Wildman–Crippen MR) is 95.6 cm³/mol. The molecule has 0 spiro atoms. The molecule has 5 heteroatoms. The fourth-order valence-electron chi connectivity index (χ4n) is 3.92. The van der Waals surface area contributed by atoms with Gasteiger partial charge in [-0.15, -0.1) is 0 Å². The van der Waals surface area contributed by atoms with Crippen LogP contribution in [0.2, 0.25) is 0 Å². The Morgan fingerprint density at radius 2 is 1.96 bits per heavy atom. The molecule has 1 aromatic heterocycles. The number of hydrogen-bond donors (Lipinski definition) is 2. The zero-order chi connectivity index (χ0) is 16.1. The Balaban J connectivity index is 1.42. The molecule has 128 valence electrons. The highest BCUT2D eigenvalue weighted by molar-refractivity contribution is 5.79. The zero-order valence-electron chi connectivity index (χ0n) is 14.6. The molecule has 5 nitrogen and oxygen atoms in total. The third-order valence-corrected chi connectivity index (χ3v) is 5.42. The zero-order valence-corrected chi connectivity index (χ0v) is 14.6. The lowest BCUT2D eigenvalue weighted by molar-refractivity contribution is 0.150. The first-order valence-corrected chi connectivity index (χ1v) is 9.07. The first kappa shape index (κ1) is 16.4. The maximum atomic E-state index is 4.38. The summed E-state index contributed by atoms with van der Waals surface area (Å²) in [5, 5.41) is 7.03. The van der Waals surface area contributed by atoms with Gasteiger partial charge in [0, 0.05) is 51.2 Å². The third-order valence-electron chi connectivity index (χ3n) is 5.42. The van der Waals surface area contributed by atoms with Crippen molar-refractivity contribution in [2.45, 2.75) is 57.2 Å². The van der Waals surface area contributed by atoms with Crippen LogP contribution in [-0.2, 0) is 13.6 Å². The summed E-state index contributed by atoms with van der Waals surface area (Å²) >= 11 is 0. The molecule has 2 N–H and O–H groups in total. The number of aromatic nitrogens is 1. The van der Waals surface area contributed by atoms with Crippen molar-refractivity contribution < 1.29 is 0 Å². The molecule has 0 amide bonds. The number of likely N-dealkylation sites (tertiary alicyclic amines) is 1. The molecule has 0 unspecified atom stereocenters. The quantitative estimate of drug-likeness (QED) is 0.660. The Labute approximate surface area is 140 Å². The summed E-state index contributed by atoms with van der Waals surface area (Å²) in [6, 6.07) is 5.63. The summed E-state index contributed by atoms with van der Waals surface area (Å²) in [7, 11) is 3.93. The molecule has 23 heavy (non-hydrogen) atoms. The van der Waals surface area contributed by atoms with Gasteiger partial charge in [0.15, 0.2) is 5.96 Å². The summed E-state index contributed by atoms with van der Waals surface area (Å²) in [6.45, 7) is 3.28. The van der Waals surface area contributed by atoms with Crippen LogP contribution in [-0.4, -0.2) is 47.6 Å². The van der Waals surface area contributed by atoms with Gasteiger partial charge in [-0.2, -0.15) is 0 Å². The van der Waals surface area contributed by atoms with Crippen LogP contribution in [0.15, 0.2) is 23.3 Å². The summed E-state index contributed by atoms with van der Waals surface area (Å²) in [6.07, 6.45) is 10.2. The molecule has 1 aliphatic carbocycles. The number of aliphatic imine (C=N–C) groups is 1. The first-order valence-electron chi connectivity index (χ1n) is 9.07. The minimum absolute atomic E-state index is 0.548. The van der Waals surface area contributed by atoms with Crippen molar-refractivity contribution in [1.82, 2.24) is 20.1 Å². The summed E-state index contributed by atoms with van der Waals surface area (Å²) < 4.78 is 2.14. The van der Waals surface area contributed by atoms with Crippen LogP contribution in [0, 0.1) is 0 Å². The number of guanidine groups is 1. The van der Waals surface area contributed by atoms with E-state index in [1.54, 1.807) is 0 Å². The molecular weight excluding hydrogens is 286 g/mol. The van der Waals surface area contributed by atoms with Gasteiger partial charge in [-0.3, -0.25) is 4.99 Å². The Morgan fingerprint density at radius 3 is 2.57 bits per heavy atom. The highest BCUT2D eigenvalue weighted by Gasteiger charge is 2.27. The summed E-state index contributed by atoms with van der Waals surface area (Å²) in [5.74, 6) is 0.922. The first-order chi connectivity index (χ1) is 11.3. The van der Waals surface area contributed by atoms with Gasteiger partial charge in [-0.1, -0.05) is 12.8 Å². The van der Waals surface area contributed by atoms with Crippen LogP contribution in [0.1, 0.15) is 44.2 Å². The van der Waals surface area contributed by atoms with E-state index in [1.807, 2.05) is 7.05 Å². The minimum Gasteiger partial charge on any atom is -0.354 e. The molecule has 2 heterocycles. The van der Waals surface area contributed by atoms with E-state index < -0.39 is 0 Å². The topological polar surface area (TPSA) is 44.6 Å². The van der Waals surface area contributed by atoms with Gasteiger partial charge in [-0.05, 0) is 37.8 Å². The SMILES string of the molecule is CN=C(NCc1cccn1C)NC1CCN(C2CCCC2)CC1. The van der Waals surface area contributed by atoms with Gasteiger partial charge in [0.2, 0.25) is 0 Å². The molecule has 1 saturated carbocycles. The van der Waals surface area contributed by atoms with E-state index in [9.17, 15) is 0 Å². The lowest BCUT2D eigenvalue weighted by atomic mass is 10.0. The second-order valence-electron chi connectivity index (χ2n) is 6.93. The van der Waals surface area contributed by atoms with Crippen LogP contribution in [0.3, 0.4) is 0 Å². The Kier molecular flexibility index (Phi) is 5.60. The minimum atomic E-state index is 0.548. The maximum Gasteiger partial charge on any atom is 0.191 e. The summed E-state index contributed by atoms with van der Waals surface area (Å²) in [4.78, 5) is 7.09. The number of nitrogens with zero attached hydrogens (tertiary/aromatic N) is 3. The van der Waals surface area contributed by atoms with Crippen LogP contribution in [0.5, 0.6) is 0 Å². The molecule has 2 fully saturated rings. The van der Waals surface area contributed by atoms with E-state index in [2.05, 4.69) is 50.5 Å². The average molecular weight is 317 g/mol. The van der Waals surface area contributed by atoms with Crippen molar-refractivity contribution in [3.05, 3.63) is 24.0 Å². The van der Waals surface area contributed by atoms with Gasteiger partial charge in [-0.25, -0.2) is 0 Å². The van der Waals surface area contributed by atoms with E-state index in [0.29, 0.717) is 6.04 Å². The molecule has 3 rings (SSSR count). The third kappa shape index (κ3) is 4.28. The van der Waals surface area contributed by atoms with E-state index in [4.69, 9.17) is 0 Å². The molecule has 1 aliphatic heterocycles. The van der Waals surface area contributed by atoms with Gasteiger partial charge in [0.25, 0.3) is 0 Å². The number of nitrogens with one attached hydrogen (secondary N) is 2. The standard InChI is InChI=1S/C18H31N5/c1-19-18(20-14-17-8-5-11-22(17)2)21-15-9-12-23(13-10-15)16-6-3-4-7-16/h5,8,11,15-16H,3-4,6-7,9-10,12-14H2,1-2H3,(H2,19,20,21). The lowest BCUT2D eigenvalue weighted by Gasteiger charge is -2.36.